The van der Waals surface area contributed by atoms with Gasteiger partial charge in [0.05, 0.1) is 17.3 Å². The smallest absolute Gasteiger partial charge is 0.326 e. The fourth-order valence-electron chi connectivity index (χ4n) is 4.20. The van der Waals surface area contributed by atoms with Crippen LogP contribution < -0.4 is 0 Å². The maximum absolute atomic E-state index is 12.2. The van der Waals surface area contributed by atoms with Crippen LogP contribution in [0, 0.1) is 17.2 Å². The van der Waals surface area contributed by atoms with Crippen LogP contribution in [0.15, 0.2) is 48.3 Å². The summed E-state index contributed by atoms with van der Waals surface area (Å²) in [6, 6.07) is 8.51. The number of allylic oxidation sites excluding steroid dienone is 2. The van der Waals surface area contributed by atoms with Crippen LogP contribution in [0.3, 0.4) is 0 Å². The molecule has 8 heteroatoms. The Morgan fingerprint density at radius 1 is 1.42 bits per heavy atom. The van der Waals surface area contributed by atoms with Gasteiger partial charge in [0.15, 0.2) is 6.23 Å². The Bertz CT molecular complexity index is 1160. The van der Waals surface area contributed by atoms with E-state index in [4.69, 9.17) is 16.3 Å². The van der Waals surface area contributed by atoms with Crippen molar-refractivity contribution in [2.75, 3.05) is 0 Å². The molecule has 1 N–H and O–H groups in total. The Morgan fingerprint density at radius 3 is 2.87 bits per heavy atom. The largest absolute Gasteiger partial charge is 0.480 e. The summed E-state index contributed by atoms with van der Waals surface area (Å²) in [5.41, 5.74) is 3.98. The van der Waals surface area contributed by atoms with E-state index in [2.05, 4.69) is 11.2 Å². The van der Waals surface area contributed by atoms with Crippen LogP contribution in [0.5, 0.6) is 0 Å². The predicted molar refractivity (Wildman–Crippen MR) is 114 cm³/mol. The lowest BCUT2D eigenvalue weighted by Gasteiger charge is -2.27. The molecule has 3 heterocycles. The van der Waals surface area contributed by atoms with Gasteiger partial charge in [-0.05, 0) is 60.2 Å². The first-order valence-electron chi connectivity index (χ1n) is 10.2. The molecule has 0 spiro atoms. The highest BCUT2D eigenvalue weighted by molar-refractivity contribution is 6.30. The third kappa shape index (κ3) is 3.85. The van der Waals surface area contributed by atoms with Gasteiger partial charge in [-0.25, -0.2) is 4.79 Å². The number of nitrogens with zero attached hydrogens (tertiary/aromatic N) is 4. The molecule has 5 rings (SSSR count). The first-order valence-corrected chi connectivity index (χ1v) is 10.6. The lowest BCUT2D eigenvalue weighted by atomic mass is 9.91. The highest BCUT2D eigenvalue weighted by Gasteiger charge is 2.49. The first-order chi connectivity index (χ1) is 14.9. The van der Waals surface area contributed by atoms with Crippen molar-refractivity contribution in [1.29, 1.82) is 5.26 Å². The molecule has 0 radical (unpaired) electrons. The Balaban J connectivity index is 1.56. The number of hydrogen-bond acceptors (Lipinski definition) is 5. The number of nitriles is 1. The van der Waals surface area contributed by atoms with Gasteiger partial charge in [-0.15, -0.1) is 0 Å². The molecule has 1 aliphatic carbocycles. The normalized spacial score (nSPS) is 23.2. The van der Waals surface area contributed by atoms with Crippen LogP contribution in [-0.4, -0.2) is 44.1 Å². The number of carboxylic acids is 1. The lowest BCUT2D eigenvalue weighted by Crippen LogP contribution is -2.42. The van der Waals surface area contributed by atoms with Crippen molar-refractivity contribution in [2.45, 2.75) is 37.6 Å². The van der Waals surface area contributed by atoms with Crippen molar-refractivity contribution in [3.8, 4) is 6.07 Å². The molecule has 0 bridgehead atoms. The first kappa shape index (κ1) is 19.9. The van der Waals surface area contributed by atoms with Gasteiger partial charge in [-0.1, -0.05) is 11.6 Å². The summed E-state index contributed by atoms with van der Waals surface area (Å²) in [7, 11) is 1.81. The summed E-state index contributed by atoms with van der Waals surface area (Å²) in [6.45, 7) is 0. The minimum Gasteiger partial charge on any atom is -0.480 e. The van der Waals surface area contributed by atoms with Crippen LogP contribution in [-0.2, 0) is 23.0 Å². The van der Waals surface area contributed by atoms with E-state index in [1.165, 1.54) is 0 Å². The van der Waals surface area contributed by atoms with Gasteiger partial charge in [-0.3, -0.25) is 4.68 Å². The van der Waals surface area contributed by atoms with E-state index < -0.39 is 12.0 Å². The number of hydrogen-bond donors (Lipinski definition) is 1. The topological polar surface area (TPSA) is 94.7 Å². The molecule has 1 aromatic heterocycles. The summed E-state index contributed by atoms with van der Waals surface area (Å²) in [5, 5.41) is 24.6. The third-order valence-corrected chi connectivity index (χ3v) is 6.19. The van der Waals surface area contributed by atoms with E-state index in [1.807, 2.05) is 30.3 Å². The SMILES string of the molecule is Cn1ccc(CC(C(=O)O)N2C=C(C3CC3)C(c3cc(Cl)ccc3C#N)=CC3OC32)n1. The Kier molecular flexibility index (Phi) is 4.84. The quantitative estimate of drug-likeness (QED) is 0.698. The zero-order chi connectivity index (χ0) is 21.7. The average Bonchev–Trinajstić information content (AvgIpc) is 3.64. The van der Waals surface area contributed by atoms with Crippen molar-refractivity contribution in [2.24, 2.45) is 13.0 Å². The van der Waals surface area contributed by atoms with Crippen molar-refractivity contribution in [3.63, 3.8) is 0 Å². The maximum atomic E-state index is 12.2. The van der Waals surface area contributed by atoms with E-state index in [-0.39, 0.29) is 18.8 Å². The Labute approximate surface area is 184 Å². The molecule has 2 fully saturated rings. The highest BCUT2D eigenvalue weighted by atomic mass is 35.5. The van der Waals surface area contributed by atoms with E-state index in [9.17, 15) is 15.2 Å². The average molecular weight is 437 g/mol. The molecular weight excluding hydrogens is 416 g/mol. The summed E-state index contributed by atoms with van der Waals surface area (Å²) in [4.78, 5) is 14.1. The van der Waals surface area contributed by atoms with Crippen LogP contribution in [0.1, 0.15) is 29.7 Å². The minimum atomic E-state index is -0.921. The highest BCUT2D eigenvalue weighted by Crippen LogP contribution is 2.48. The number of aryl methyl sites for hydroxylation is 1. The fraction of sp³-hybridized carbons (Fsp3) is 0.348. The number of aliphatic carboxylic acids is 1. The summed E-state index contributed by atoms with van der Waals surface area (Å²) < 4.78 is 7.52. The molecule has 7 nitrogen and oxygen atoms in total. The van der Waals surface area contributed by atoms with Gasteiger partial charge in [0.25, 0.3) is 0 Å². The number of benzene rings is 1. The molecule has 31 heavy (non-hydrogen) atoms. The van der Waals surface area contributed by atoms with Gasteiger partial charge in [0.1, 0.15) is 12.1 Å². The molecule has 1 saturated carbocycles. The zero-order valence-corrected chi connectivity index (χ0v) is 17.7. The number of fused-ring (bicyclic) bond motifs is 1. The number of carboxylic acid groups (broad SMARTS) is 1. The molecule has 3 aliphatic rings. The van der Waals surface area contributed by atoms with Crippen LogP contribution in [0.2, 0.25) is 5.02 Å². The molecular formula is C23H21ClN4O3. The molecule has 2 aromatic rings. The number of rotatable bonds is 6. The molecule has 1 aromatic carbocycles. The second kappa shape index (κ2) is 7.56. The number of halogens is 1. The second-order valence-electron chi connectivity index (χ2n) is 8.22. The van der Waals surface area contributed by atoms with Crippen molar-refractivity contribution >= 4 is 23.1 Å². The Morgan fingerprint density at radius 2 is 2.23 bits per heavy atom. The lowest BCUT2D eigenvalue weighted by molar-refractivity contribution is -0.143. The third-order valence-electron chi connectivity index (χ3n) is 5.95. The zero-order valence-electron chi connectivity index (χ0n) is 16.9. The fourth-order valence-corrected chi connectivity index (χ4v) is 4.37. The number of ether oxygens (including phenoxy) is 1. The van der Waals surface area contributed by atoms with Crippen molar-refractivity contribution in [1.82, 2.24) is 14.7 Å². The molecule has 2 aliphatic heterocycles. The van der Waals surface area contributed by atoms with Gasteiger partial charge in [0, 0.05) is 36.5 Å². The molecule has 0 amide bonds. The van der Waals surface area contributed by atoms with Crippen LogP contribution >= 0.6 is 11.6 Å². The molecule has 3 unspecified atom stereocenters. The number of aromatic nitrogens is 2. The maximum Gasteiger partial charge on any atom is 0.326 e. The van der Waals surface area contributed by atoms with E-state index in [1.54, 1.807) is 29.1 Å². The second-order valence-corrected chi connectivity index (χ2v) is 8.65. The van der Waals surface area contributed by atoms with Crippen LogP contribution in [0.4, 0.5) is 0 Å². The van der Waals surface area contributed by atoms with Gasteiger partial charge < -0.3 is 14.7 Å². The van der Waals surface area contributed by atoms with E-state index in [0.29, 0.717) is 22.2 Å². The standard InChI is InChI=1S/C23H21ClN4O3/c1-27-7-6-16(26-27)9-20(23(29)30)28-12-19(13-2-3-13)18(10-21-22(28)31-21)17-8-15(24)5-4-14(17)11-25/h4-8,10,12-13,20-22H,2-3,9H2,1H3,(H,29,30). The van der Waals surface area contributed by atoms with Gasteiger partial charge in [-0.2, -0.15) is 10.4 Å². The summed E-state index contributed by atoms with van der Waals surface area (Å²) in [5.74, 6) is -0.587. The van der Waals surface area contributed by atoms with Gasteiger partial charge in [0.2, 0.25) is 0 Å². The van der Waals surface area contributed by atoms with Gasteiger partial charge >= 0.3 is 5.97 Å². The molecule has 1 saturated heterocycles. The van der Waals surface area contributed by atoms with Crippen LogP contribution in [0.25, 0.3) is 5.57 Å². The monoisotopic (exact) mass is 436 g/mol. The summed E-state index contributed by atoms with van der Waals surface area (Å²) >= 11 is 6.25. The van der Waals surface area contributed by atoms with E-state index in [0.717, 1.165) is 29.6 Å². The minimum absolute atomic E-state index is 0.237. The van der Waals surface area contributed by atoms with E-state index >= 15 is 0 Å². The van der Waals surface area contributed by atoms with Crippen molar-refractivity contribution in [3.05, 3.63) is 70.2 Å². The number of epoxide rings is 1. The Hall–Kier alpha value is -3.08. The molecule has 3 atom stereocenters. The number of carbonyl (C=O) groups is 1. The predicted octanol–water partition coefficient (Wildman–Crippen LogP) is 3.36. The molecule has 158 valence electrons. The summed E-state index contributed by atoms with van der Waals surface area (Å²) in [6.07, 6.45) is 7.51. The van der Waals surface area contributed by atoms with Crippen molar-refractivity contribution < 1.29 is 14.6 Å².